The van der Waals surface area contributed by atoms with Gasteiger partial charge in [0.1, 0.15) is 22.3 Å². The number of H-pyrrole nitrogens is 2. The number of aromatic nitrogens is 2. The normalized spacial score (nSPS) is 12.3. The summed E-state index contributed by atoms with van der Waals surface area (Å²) in [6, 6.07) is 42.4. The van der Waals surface area contributed by atoms with Crippen molar-refractivity contribution in [3.05, 3.63) is 121 Å². The maximum atomic E-state index is 6.39. The van der Waals surface area contributed by atoms with E-state index in [-0.39, 0.29) is 0 Å². The summed E-state index contributed by atoms with van der Waals surface area (Å²) in [4.78, 5) is 7.58. The predicted molar refractivity (Wildman–Crippen MR) is 173 cm³/mol. The molecule has 0 amide bonds. The fourth-order valence-electron chi connectivity index (χ4n) is 6.97. The van der Waals surface area contributed by atoms with Gasteiger partial charge in [-0.15, -0.1) is 0 Å². The predicted octanol–water partition coefficient (Wildman–Crippen LogP) is 10.9. The molecule has 0 spiro atoms. The van der Waals surface area contributed by atoms with E-state index in [9.17, 15) is 0 Å². The minimum Gasteiger partial charge on any atom is -0.456 e. The van der Waals surface area contributed by atoms with Crippen LogP contribution < -0.4 is 0 Å². The zero-order valence-corrected chi connectivity index (χ0v) is 22.4. The molecule has 4 nitrogen and oxygen atoms in total. The SMILES string of the molecule is c1ccc2c(c1)[nH]c1c(-c3ccc4oc5ccccc5c4c3-c3cc4ccc5oc6ccccc6c5c4[nH]3)cccc12. The number of nitrogens with one attached hydrogen (secondary N) is 2. The third-order valence-corrected chi connectivity index (χ3v) is 8.78. The Kier molecular flexibility index (Phi) is 4.15. The Labute approximate surface area is 238 Å². The molecular weight excluding hydrogens is 516 g/mol. The second-order valence-electron chi connectivity index (χ2n) is 11.0. The van der Waals surface area contributed by atoms with E-state index in [4.69, 9.17) is 8.83 Å². The van der Waals surface area contributed by atoms with Gasteiger partial charge in [-0.05, 0) is 54.1 Å². The molecule has 0 bridgehead atoms. The molecule has 4 aromatic heterocycles. The van der Waals surface area contributed by atoms with Gasteiger partial charge in [0.15, 0.2) is 0 Å². The monoisotopic (exact) mass is 538 g/mol. The minimum absolute atomic E-state index is 0.872. The van der Waals surface area contributed by atoms with Crippen LogP contribution in [0.3, 0.4) is 0 Å². The number of hydrogen-bond donors (Lipinski definition) is 2. The molecule has 4 heterocycles. The summed E-state index contributed by atoms with van der Waals surface area (Å²) < 4.78 is 12.6. The summed E-state index contributed by atoms with van der Waals surface area (Å²) >= 11 is 0. The van der Waals surface area contributed by atoms with Crippen molar-refractivity contribution in [1.82, 2.24) is 9.97 Å². The number of aromatic amines is 2. The van der Waals surface area contributed by atoms with Gasteiger partial charge in [0.25, 0.3) is 0 Å². The van der Waals surface area contributed by atoms with Gasteiger partial charge in [0.2, 0.25) is 0 Å². The van der Waals surface area contributed by atoms with E-state index in [1.807, 2.05) is 24.3 Å². The first-order valence-corrected chi connectivity index (χ1v) is 14.2. The van der Waals surface area contributed by atoms with Gasteiger partial charge in [-0.3, -0.25) is 0 Å². The fourth-order valence-corrected chi connectivity index (χ4v) is 6.97. The molecule has 0 unspecified atom stereocenters. The lowest BCUT2D eigenvalue weighted by molar-refractivity contribution is 0.668. The number of fused-ring (bicyclic) bond motifs is 11. The highest BCUT2D eigenvalue weighted by molar-refractivity contribution is 6.22. The molecule has 0 aliphatic carbocycles. The average Bonchev–Trinajstić information content (AvgIpc) is 3.80. The van der Waals surface area contributed by atoms with Crippen LogP contribution in [0.1, 0.15) is 0 Å². The minimum atomic E-state index is 0.872. The van der Waals surface area contributed by atoms with Crippen molar-refractivity contribution in [2.24, 2.45) is 0 Å². The van der Waals surface area contributed by atoms with Crippen molar-refractivity contribution in [3.63, 3.8) is 0 Å². The number of para-hydroxylation sites is 4. The number of furan rings is 2. The van der Waals surface area contributed by atoms with Crippen molar-refractivity contribution in [2.75, 3.05) is 0 Å². The summed E-state index contributed by atoms with van der Waals surface area (Å²) in [6.07, 6.45) is 0. The molecular formula is C38H22N2O2. The van der Waals surface area contributed by atoms with E-state index < -0.39 is 0 Å². The summed E-state index contributed by atoms with van der Waals surface area (Å²) in [5.41, 5.74) is 11.3. The number of benzene rings is 6. The van der Waals surface area contributed by atoms with Gasteiger partial charge in [0, 0.05) is 54.7 Å². The van der Waals surface area contributed by atoms with Crippen molar-refractivity contribution in [3.8, 4) is 22.4 Å². The average molecular weight is 539 g/mol. The molecule has 0 saturated carbocycles. The Morgan fingerprint density at radius 2 is 1.10 bits per heavy atom. The lowest BCUT2D eigenvalue weighted by Gasteiger charge is -2.12. The molecule has 0 saturated heterocycles. The second kappa shape index (κ2) is 7.93. The molecule has 0 aliphatic rings. The van der Waals surface area contributed by atoms with Gasteiger partial charge >= 0.3 is 0 Å². The van der Waals surface area contributed by atoms with Gasteiger partial charge in [0.05, 0.1) is 16.4 Å². The molecule has 0 radical (unpaired) electrons. The third-order valence-electron chi connectivity index (χ3n) is 8.78. The topological polar surface area (TPSA) is 57.9 Å². The molecule has 10 aromatic rings. The number of rotatable bonds is 2. The van der Waals surface area contributed by atoms with E-state index >= 15 is 0 Å². The van der Waals surface area contributed by atoms with E-state index in [0.717, 1.165) is 88.2 Å². The van der Waals surface area contributed by atoms with Crippen LogP contribution in [0.15, 0.2) is 130 Å². The summed E-state index contributed by atoms with van der Waals surface area (Å²) in [6.45, 7) is 0. The molecule has 42 heavy (non-hydrogen) atoms. The van der Waals surface area contributed by atoms with Crippen LogP contribution >= 0.6 is 0 Å². The third kappa shape index (κ3) is 2.85. The van der Waals surface area contributed by atoms with Crippen LogP contribution in [0.2, 0.25) is 0 Å². The van der Waals surface area contributed by atoms with Crippen LogP contribution in [-0.4, -0.2) is 9.97 Å². The van der Waals surface area contributed by atoms with Gasteiger partial charge in [-0.2, -0.15) is 0 Å². The first-order valence-electron chi connectivity index (χ1n) is 14.2. The van der Waals surface area contributed by atoms with E-state index in [1.54, 1.807) is 0 Å². The zero-order valence-electron chi connectivity index (χ0n) is 22.4. The fraction of sp³-hybridized carbons (Fsp3) is 0. The Morgan fingerprint density at radius 3 is 1.93 bits per heavy atom. The van der Waals surface area contributed by atoms with Crippen molar-refractivity contribution in [1.29, 1.82) is 0 Å². The molecule has 4 heteroatoms. The Bertz CT molecular complexity index is 2700. The lowest BCUT2D eigenvalue weighted by atomic mass is 9.92. The zero-order chi connectivity index (χ0) is 27.4. The Hall–Kier alpha value is -5.74. The Morgan fingerprint density at radius 1 is 0.429 bits per heavy atom. The molecule has 0 fully saturated rings. The highest BCUT2D eigenvalue weighted by Crippen LogP contribution is 2.46. The first-order chi connectivity index (χ1) is 20.8. The summed E-state index contributed by atoms with van der Waals surface area (Å²) in [7, 11) is 0. The molecule has 10 rings (SSSR count). The van der Waals surface area contributed by atoms with Crippen LogP contribution in [0.4, 0.5) is 0 Å². The van der Waals surface area contributed by atoms with Crippen LogP contribution in [0.25, 0.3) is 99.0 Å². The van der Waals surface area contributed by atoms with Gasteiger partial charge < -0.3 is 18.8 Å². The molecule has 196 valence electrons. The van der Waals surface area contributed by atoms with Crippen molar-refractivity contribution >= 4 is 76.6 Å². The van der Waals surface area contributed by atoms with Gasteiger partial charge in [-0.1, -0.05) is 72.8 Å². The van der Waals surface area contributed by atoms with Crippen LogP contribution in [0, 0.1) is 0 Å². The Balaban J connectivity index is 1.36. The maximum absolute atomic E-state index is 6.39. The second-order valence-corrected chi connectivity index (χ2v) is 11.0. The summed E-state index contributed by atoms with van der Waals surface area (Å²) in [5.74, 6) is 0. The molecule has 0 atom stereocenters. The highest BCUT2D eigenvalue weighted by atomic mass is 16.3. The van der Waals surface area contributed by atoms with Gasteiger partial charge in [-0.25, -0.2) is 0 Å². The van der Waals surface area contributed by atoms with E-state index in [2.05, 4.69) is 107 Å². The standard InChI is InChI=1S/C38H22N2O2/c1-4-13-28-22(8-1)24-11-7-12-25(38(24)39-28)23-17-19-32-35(26-9-2-5-14-30(26)41-32)34(23)29-20-21-16-18-33-36(37(21)40-29)27-10-3-6-15-31(27)42-33/h1-20,39-40H. The van der Waals surface area contributed by atoms with E-state index in [1.165, 1.54) is 10.8 Å². The molecule has 6 aromatic carbocycles. The smallest absolute Gasteiger partial charge is 0.137 e. The molecule has 2 N–H and O–H groups in total. The number of hydrogen-bond acceptors (Lipinski definition) is 2. The molecule has 0 aliphatic heterocycles. The highest BCUT2D eigenvalue weighted by Gasteiger charge is 2.22. The summed E-state index contributed by atoms with van der Waals surface area (Å²) in [5, 5.41) is 8.02. The quantitative estimate of drug-likeness (QED) is 0.230. The van der Waals surface area contributed by atoms with Crippen LogP contribution in [-0.2, 0) is 0 Å². The van der Waals surface area contributed by atoms with Crippen molar-refractivity contribution in [2.45, 2.75) is 0 Å². The van der Waals surface area contributed by atoms with E-state index in [0.29, 0.717) is 0 Å². The first kappa shape index (κ1) is 22.0. The maximum Gasteiger partial charge on any atom is 0.137 e. The largest absolute Gasteiger partial charge is 0.456 e. The van der Waals surface area contributed by atoms with Crippen LogP contribution in [0.5, 0.6) is 0 Å². The lowest BCUT2D eigenvalue weighted by Crippen LogP contribution is -1.88. The van der Waals surface area contributed by atoms with Crippen molar-refractivity contribution < 1.29 is 8.83 Å².